The highest BCUT2D eigenvalue weighted by Gasteiger charge is 2.63. The molecule has 2 aromatic carbocycles. The lowest BCUT2D eigenvalue weighted by molar-refractivity contribution is -0.119. The van der Waals surface area contributed by atoms with Gasteiger partial charge >= 0.3 is 0 Å². The molecule has 0 aliphatic heterocycles. The maximum atomic E-state index is 13.5. The van der Waals surface area contributed by atoms with Crippen LogP contribution in [-0.4, -0.2) is 35.0 Å². The number of alkyl halides is 3. The molecule has 0 saturated carbocycles. The molecule has 0 fully saturated rings. The van der Waals surface area contributed by atoms with Crippen LogP contribution in [0.15, 0.2) is 79.5 Å². The van der Waals surface area contributed by atoms with Crippen LogP contribution < -0.4 is 0 Å². The molecule has 3 rings (SSSR count). The van der Waals surface area contributed by atoms with E-state index in [-0.39, 0.29) is 33.0 Å². The Morgan fingerprint density at radius 2 is 1.47 bits per heavy atom. The van der Waals surface area contributed by atoms with E-state index in [1.54, 1.807) is 70.2 Å². The second-order valence-electron chi connectivity index (χ2n) is 9.18. The number of Topliss-reactive ketones (excluding diaryl/α,β-unsaturated/α-hetero) is 1. The summed E-state index contributed by atoms with van der Waals surface area (Å²) in [7, 11) is -4.18. The molecule has 1 aliphatic rings. The van der Waals surface area contributed by atoms with E-state index in [0.717, 1.165) is 5.56 Å². The number of allylic oxidation sites excluding steroid dienone is 2. The third-order valence-electron chi connectivity index (χ3n) is 5.92. The molecule has 0 spiro atoms. The molecular formula is C26H26Cl4N2O3S. The zero-order valence-electron chi connectivity index (χ0n) is 20.4. The molecule has 0 heterocycles. The average Bonchev–Trinajstić information content (AvgIpc) is 2.80. The topological polar surface area (TPSA) is 75.9 Å². The Hall–Kier alpha value is -1.70. The number of ketones is 1. The number of amidine groups is 1. The monoisotopic (exact) mass is 586 g/mol. The number of aryl methyl sites for hydroxylation is 1. The fourth-order valence-electron chi connectivity index (χ4n) is 3.84. The van der Waals surface area contributed by atoms with Crippen molar-refractivity contribution in [1.82, 2.24) is 0 Å². The van der Waals surface area contributed by atoms with Gasteiger partial charge in [-0.2, -0.15) is 8.42 Å². The molecule has 1 aliphatic carbocycles. The summed E-state index contributed by atoms with van der Waals surface area (Å²) in [5.74, 6) is -1.53. The number of hydrogen-bond acceptors (Lipinski definition) is 3. The molecule has 192 valence electrons. The van der Waals surface area contributed by atoms with Crippen LogP contribution in [-0.2, 0) is 14.8 Å². The van der Waals surface area contributed by atoms with Crippen LogP contribution in [0, 0.1) is 18.8 Å². The second-order valence-corrected chi connectivity index (χ2v) is 13.1. The first-order valence-corrected chi connectivity index (χ1v) is 14.2. The maximum Gasteiger partial charge on any atom is 0.284 e. The van der Waals surface area contributed by atoms with Gasteiger partial charge in [0.2, 0.25) is 0 Å². The van der Waals surface area contributed by atoms with E-state index in [1.807, 2.05) is 6.92 Å². The Morgan fingerprint density at radius 3 is 1.97 bits per heavy atom. The van der Waals surface area contributed by atoms with Gasteiger partial charge < -0.3 is 0 Å². The van der Waals surface area contributed by atoms with Crippen molar-refractivity contribution in [2.45, 2.75) is 48.7 Å². The standard InChI is InChI=1S/C26H26Cl4N2O3S/c1-15(2)20-21(27)22(26(29,30)25(28,16(3)4)23(20)33)31-24(18-9-7-6-8-10-18)32-36(34,35)19-13-11-17(5)12-14-19/h6-16H,1-5H3. The quantitative estimate of drug-likeness (QED) is 0.212. The molecule has 10 heteroatoms. The lowest BCUT2D eigenvalue weighted by Crippen LogP contribution is -2.60. The summed E-state index contributed by atoms with van der Waals surface area (Å²) in [5, 5.41) is -0.0757. The van der Waals surface area contributed by atoms with Gasteiger partial charge in [-0.1, -0.05) is 111 Å². The minimum absolute atomic E-state index is 0.0121. The van der Waals surface area contributed by atoms with Gasteiger partial charge in [0, 0.05) is 11.1 Å². The van der Waals surface area contributed by atoms with Crippen LogP contribution in [0.5, 0.6) is 0 Å². The largest absolute Gasteiger partial charge is 0.292 e. The van der Waals surface area contributed by atoms with Crippen LogP contribution in [0.4, 0.5) is 0 Å². The number of nitrogens with zero attached hydrogens (tertiary/aromatic N) is 2. The molecule has 1 atom stereocenters. The number of carbonyl (C=O) groups is 1. The molecule has 0 aromatic heterocycles. The molecule has 2 aromatic rings. The van der Waals surface area contributed by atoms with Crippen molar-refractivity contribution in [2.24, 2.45) is 21.2 Å². The number of sulfonamides is 1. The van der Waals surface area contributed by atoms with Crippen molar-refractivity contribution in [1.29, 1.82) is 0 Å². The van der Waals surface area contributed by atoms with E-state index in [4.69, 9.17) is 46.4 Å². The van der Waals surface area contributed by atoms with Crippen molar-refractivity contribution in [3.63, 3.8) is 0 Å². The maximum absolute atomic E-state index is 13.5. The van der Waals surface area contributed by atoms with Crippen molar-refractivity contribution in [3.05, 3.63) is 76.3 Å². The first-order valence-electron chi connectivity index (χ1n) is 11.2. The lowest BCUT2D eigenvalue weighted by Gasteiger charge is -2.44. The fraction of sp³-hybridized carbons (Fsp3) is 0.346. The van der Waals surface area contributed by atoms with Crippen molar-refractivity contribution < 1.29 is 13.2 Å². The van der Waals surface area contributed by atoms with Crippen molar-refractivity contribution in [3.8, 4) is 0 Å². The fourth-order valence-corrected chi connectivity index (χ4v) is 6.46. The van der Waals surface area contributed by atoms with Crippen molar-refractivity contribution in [2.75, 3.05) is 0 Å². The smallest absolute Gasteiger partial charge is 0.284 e. The zero-order valence-corrected chi connectivity index (χ0v) is 24.2. The third-order valence-corrected chi connectivity index (χ3v) is 9.62. The molecule has 0 radical (unpaired) electrons. The van der Waals surface area contributed by atoms with Crippen LogP contribution >= 0.6 is 46.4 Å². The highest BCUT2D eigenvalue weighted by atomic mass is 35.5. The van der Waals surface area contributed by atoms with Gasteiger partial charge in [0.05, 0.1) is 9.93 Å². The minimum atomic E-state index is -4.18. The Balaban J connectivity index is 2.37. The zero-order chi connectivity index (χ0) is 27.1. The van der Waals surface area contributed by atoms with Gasteiger partial charge in [-0.3, -0.25) is 4.79 Å². The van der Waals surface area contributed by atoms with Gasteiger partial charge in [0.25, 0.3) is 10.0 Å². The molecule has 0 saturated heterocycles. The van der Waals surface area contributed by atoms with Gasteiger partial charge in [0.1, 0.15) is 10.6 Å². The summed E-state index contributed by atoms with van der Waals surface area (Å²) in [4.78, 5) is 16.2. The summed E-state index contributed by atoms with van der Waals surface area (Å²) in [5.41, 5.74) is 1.35. The number of benzene rings is 2. The molecule has 0 N–H and O–H groups in total. The molecule has 36 heavy (non-hydrogen) atoms. The summed E-state index contributed by atoms with van der Waals surface area (Å²) in [6.45, 7) is 8.85. The molecule has 5 nitrogen and oxygen atoms in total. The van der Waals surface area contributed by atoms with E-state index in [2.05, 4.69) is 9.39 Å². The Kier molecular flexibility index (Phi) is 8.48. The molecule has 1 unspecified atom stereocenters. The summed E-state index contributed by atoms with van der Waals surface area (Å²) < 4.78 is 28.4. The van der Waals surface area contributed by atoms with Gasteiger partial charge in [-0.15, -0.1) is 16.0 Å². The van der Waals surface area contributed by atoms with Crippen LogP contribution in [0.1, 0.15) is 38.8 Å². The minimum Gasteiger partial charge on any atom is -0.292 e. The summed E-state index contributed by atoms with van der Waals surface area (Å²) >= 11 is 27.2. The van der Waals surface area contributed by atoms with Crippen LogP contribution in [0.25, 0.3) is 0 Å². The van der Waals surface area contributed by atoms with Gasteiger partial charge in [-0.25, -0.2) is 4.99 Å². The highest BCUT2D eigenvalue weighted by molar-refractivity contribution is 7.90. The van der Waals surface area contributed by atoms with Crippen LogP contribution in [0.2, 0.25) is 0 Å². The normalized spacial score (nSPS) is 22.1. The molecule has 0 bridgehead atoms. The Bertz CT molecular complexity index is 1360. The van der Waals surface area contributed by atoms with E-state index in [1.165, 1.54) is 12.1 Å². The van der Waals surface area contributed by atoms with E-state index in [9.17, 15) is 13.2 Å². The number of halogens is 4. The Morgan fingerprint density at radius 1 is 0.917 bits per heavy atom. The molecular weight excluding hydrogens is 562 g/mol. The Labute approximate surface area is 232 Å². The number of rotatable bonds is 5. The van der Waals surface area contributed by atoms with Crippen molar-refractivity contribution >= 4 is 73.8 Å². The average molecular weight is 588 g/mol. The van der Waals surface area contributed by atoms with Gasteiger partial charge in [0.15, 0.2) is 16.0 Å². The summed E-state index contributed by atoms with van der Waals surface area (Å²) in [6, 6.07) is 14.7. The first-order chi connectivity index (χ1) is 16.6. The molecule has 0 amide bonds. The van der Waals surface area contributed by atoms with E-state index < -0.39 is 30.9 Å². The summed E-state index contributed by atoms with van der Waals surface area (Å²) in [6.07, 6.45) is 0. The third kappa shape index (κ3) is 5.16. The number of carbonyl (C=O) groups excluding carboxylic acids is 1. The van der Waals surface area contributed by atoms with E-state index in [0.29, 0.717) is 5.56 Å². The first kappa shape index (κ1) is 28.9. The van der Waals surface area contributed by atoms with E-state index >= 15 is 0 Å². The lowest BCUT2D eigenvalue weighted by atomic mass is 9.74. The second kappa shape index (κ2) is 10.6. The predicted molar refractivity (Wildman–Crippen MR) is 149 cm³/mol. The predicted octanol–water partition coefficient (Wildman–Crippen LogP) is 7.11. The van der Waals surface area contributed by atoms with Crippen LogP contribution in [0.3, 0.4) is 0 Å². The van der Waals surface area contributed by atoms with Gasteiger partial charge in [-0.05, 0) is 30.9 Å². The number of aliphatic imine (C=N–C) groups is 1. The SMILES string of the molecule is Cc1ccc(S(=O)(=O)N=C(N=C2C(Cl)=C(C(C)C)C(=O)C(Cl)(C(C)C)C2(Cl)Cl)c2ccccc2)cc1. The highest BCUT2D eigenvalue weighted by Crippen LogP contribution is 2.53. The number of hydrogen-bond donors (Lipinski definition) is 0.